The summed E-state index contributed by atoms with van der Waals surface area (Å²) in [6.45, 7) is 4.40. The smallest absolute Gasteiger partial charge is 0.317 e. The predicted molar refractivity (Wildman–Crippen MR) is 61.5 cm³/mol. The molecule has 1 aromatic carbocycles. The monoisotopic (exact) mass is 222 g/mol. The molecule has 0 unspecified atom stereocenters. The number of nitrogens with zero attached hydrogens (tertiary/aromatic N) is 1. The molecule has 0 fully saturated rings. The SMILES string of the molecule is C=CCNC(=O)N(C)Cc1ccc(F)cc1. The van der Waals surface area contributed by atoms with Crippen molar-refractivity contribution in [2.24, 2.45) is 0 Å². The Morgan fingerprint density at radius 1 is 1.50 bits per heavy atom. The summed E-state index contributed by atoms with van der Waals surface area (Å²) in [6.07, 6.45) is 1.61. The third-order valence-electron chi connectivity index (χ3n) is 2.08. The van der Waals surface area contributed by atoms with Gasteiger partial charge in [0, 0.05) is 20.1 Å². The predicted octanol–water partition coefficient (Wildman–Crippen LogP) is 2.15. The van der Waals surface area contributed by atoms with Crippen molar-refractivity contribution in [2.45, 2.75) is 6.54 Å². The van der Waals surface area contributed by atoms with Gasteiger partial charge in [0.15, 0.2) is 0 Å². The van der Waals surface area contributed by atoms with Crippen LogP contribution in [0.1, 0.15) is 5.56 Å². The van der Waals surface area contributed by atoms with Crippen LogP contribution in [0.15, 0.2) is 36.9 Å². The molecule has 0 aliphatic rings. The van der Waals surface area contributed by atoms with Crippen molar-refractivity contribution in [1.29, 1.82) is 0 Å². The van der Waals surface area contributed by atoms with Crippen molar-refractivity contribution in [2.75, 3.05) is 13.6 Å². The molecule has 0 aliphatic heterocycles. The van der Waals surface area contributed by atoms with Gasteiger partial charge in [-0.25, -0.2) is 9.18 Å². The molecule has 0 spiro atoms. The van der Waals surface area contributed by atoms with Gasteiger partial charge in [-0.15, -0.1) is 6.58 Å². The molecule has 0 bridgehead atoms. The fraction of sp³-hybridized carbons (Fsp3) is 0.250. The second kappa shape index (κ2) is 5.90. The summed E-state index contributed by atoms with van der Waals surface area (Å²) in [6, 6.07) is 5.90. The van der Waals surface area contributed by atoms with Gasteiger partial charge in [-0.2, -0.15) is 0 Å². The first kappa shape index (κ1) is 12.2. The van der Waals surface area contributed by atoms with E-state index in [4.69, 9.17) is 0 Å². The van der Waals surface area contributed by atoms with Gasteiger partial charge in [0.2, 0.25) is 0 Å². The molecule has 16 heavy (non-hydrogen) atoms. The maximum Gasteiger partial charge on any atom is 0.317 e. The highest BCUT2D eigenvalue weighted by atomic mass is 19.1. The second-order valence-corrected chi connectivity index (χ2v) is 3.46. The second-order valence-electron chi connectivity index (χ2n) is 3.46. The van der Waals surface area contributed by atoms with Crippen LogP contribution in [0, 0.1) is 5.82 Å². The average Bonchev–Trinajstić information content (AvgIpc) is 2.29. The Bertz CT molecular complexity index is 362. The lowest BCUT2D eigenvalue weighted by atomic mass is 10.2. The van der Waals surface area contributed by atoms with Crippen molar-refractivity contribution in [3.63, 3.8) is 0 Å². The number of hydrogen-bond acceptors (Lipinski definition) is 1. The third kappa shape index (κ3) is 3.73. The van der Waals surface area contributed by atoms with Crippen LogP contribution in [-0.2, 0) is 6.54 Å². The highest BCUT2D eigenvalue weighted by molar-refractivity contribution is 5.73. The number of carbonyl (C=O) groups is 1. The molecular weight excluding hydrogens is 207 g/mol. The fourth-order valence-corrected chi connectivity index (χ4v) is 1.23. The van der Waals surface area contributed by atoms with Gasteiger partial charge in [-0.1, -0.05) is 18.2 Å². The Balaban J connectivity index is 2.50. The van der Waals surface area contributed by atoms with E-state index in [-0.39, 0.29) is 11.8 Å². The third-order valence-corrected chi connectivity index (χ3v) is 2.08. The van der Waals surface area contributed by atoms with E-state index in [0.717, 1.165) is 5.56 Å². The van der Waals surface area contributed by atoms with Gasteiger partial charge < -0.3 is 10.2 Å². The Labute approximate surface area is 94.6 Å². The van der Waals surface area contributed by atoms with Crippen LogP contribution in [-0.4, -0.2) is 24.5 Å². The summed E-state index contributed by atoms with van der Waals surface area (Å²) in [4.78, 5) is 13.0. The number of amides is 2. The lowest BCUT2D eigenvalue weighted by Gasteiger charge is -2.17. The van der Waals surface area contributed by atoms with Crippen LogP contribution in [0.5, 0.6) is 0 Å². The molecular formula is C12H15FN2O. The molecule has 1 rings (SSSR count). The lowest BCUT2D eigenvalue weighted by molar-refractivity contribution is 0.208. The van der Waals surface area contributed by atoms with E-state index < -0.39 is 0 Å². The maximum absolute atomic E-state index is 12.6. The van der Waals surface area contributed by atoms with Gasteiger partial charge in [-0.3, -0.25) is 0 Å². The molecule has 0 heterocycles. The van der Waals surface area contributed by atoms with E-state index >= 15 is 0 Å². The number of halogens is 1. The highest BCUT2D eigenvalue weighted by Crippen LogP contribution is 2.05. The summed E-state index contributed by atoms with van der Waals surface area (Å²) in [5, 5.41) is 2.66. The Kier molecular flexibility index (Phi) is 4.51. The number of carbonyl (C=O) groups excluding carboxylic acids is 1. The molecule has 0 saturated carbocycles. The average molecular weight is 222 g/mol. The maximum atomic E-state index is 12.6. The lowest BCUT2D eigenvalue weighted by Crippen LogP contribution is -2.36. The van der Waals surface area contributed by atoms with Gasteiger partial charge in [0.25, 0.3) is 0 Å². The van der Waals surface area contributed by atoms with E-state index in [9.17, 15) is 9.18 Å². The molecule has 3 nitrogen and oxygen atoms in total. The van der Waals surface area contributed by atoms with Crippen LogP contribution < -0.4 is 5.32 Å². The van der Waals surface area contributed by atoms with Crippen LogP contribution in [0.4, 0.5) is 9.18 Å². The molecule has 2 amide bonds. The normalized spacial score (nSPS) is 9.62. The van der Waals surface area contributed by atoms with E-state index in [2.05, 4.69) is 11.9 Å². The molecule has 86 valence electrons. The zero-order chi connectivity index (χ0) is 12.0. The van der Waals surface area contributed by atoms with Crippen molar-refractivity contribution in [3.8, 4) is 0 Å². The Hall–Kier alpha value is -1.84. The number of benzene rings is 1. The Morgan fingerprint density at radius 3 is 2.69 bits per heavy atom. The summed E-state index contributed by atoms with van der Waals surface area (Å²) in [7, 11) is 1.68. The largest absolute Gasteiger partial charge is 0.335 e. The van der Waals surface area contributed by atoms with E-state index in [1.807, 2.05) is 0 Å². The minimum atomic E-state index is -0.275. The summed E-state index contributed by atoms with van der Waals surface area (Å²) in [5.41, 5.74) is 0.887. The van der Waals surface area contributed by atoms with Crippen LogP contribution in [0.3, 0.4) is 0 Å². The van der Waals surface area contributed by atoms with Crippen LogP contribution in [0.25, 0.3) is 0 Å². The molecule has 0 aromatic heterocycles. The van der Waals surface area contributed by atoms with Crippen molar-refractivity contribution in [3.05, 3.63) is 48.3 Å². The first-order valence-corrected chi connectivity index (χ1v) is 4.98. The number of rotatable bonds is 4. The molecule has 0 saturated heterocycles. The van der Waals surface area contributed by atoms with Gasteiger partial charge in [-0.05, 0) is 17.7 Å². The summed E-state index contributed by atoms with van der Waals surface area (Å²) >= 11 is 0. The quantitative estimate of drug-likeness (QED) is 0.778. The van der Waals surface area contributed by atoms with E-state index in [1.165, 1.54) is 17.0 Å². The van der Waals surface area contributed by atoms with Crippen molar-refractivity contribution in [1.82, 2.24) is 10.2 Å². The van der Waals surface area contributed by atoms with E-state index in [0.29, 0.717) is 13.1 Å². The first-order valence-electron chi connectivity index (χ1n) is 4.98. The van der Waals surface area contributed by atoms with Crippen LogP contribution >= 0.6 is 0 Å². The van der Waals surface area contributed by atoms with E-state index in [1.54, 1.807) is 25.3 Å². The minimum Gasteiger partial charge on any atom is -0.335 e. The first-order chi connectivity index (χ1) is 7.63. The zero-order valence-electron chi connectivity index (χ0n) is 9.24. The number of urea groups is 1. The number of hydrogen-bond donors (Lipinski definition) is 1. The molecule has 1 N–H and O–H groups in total. The molecule has 1 aromatic rings. The highest BCUT2D eigenvalue weighted by Gasteiger charge is 2.07. The molecule has 0 atom stereocenters. The van der Waals surface area contributed by atoms with Gasteiger partial charge in [0.05, 0.1) is 0 Å². The van der Waals surface area contributed by atoms with Gasteiger partial charge >= 0.3 is 6.03 Å². The summed E-state index contributed by atoms with van der Waals surface area (Å²) < 4.78 is 12.6. The van der Waals surface area contributed by atoms with Gasteiger partial charge in [0.1, 0.15) is 5.82 Å². The molecule has 0 aliphatic carbocycles. The topological polar surface area (TPSA) is 32.3 Å². The molecule has 0 radical (unpaired) electrons. The Morgan fingerprint density at radius 2 is 2.12 bits per heavy atom. The standard InChI is InChI=1S/C12H15FN2O/c1-3-8-14-12(16)15(2)9-10-4-6-11(13)7-5-10/h3-7H,1,8-9H2,2H3,(H,14,16). The fourth-order valence-electron chi connectivity index (χ4n) is 1.23. The summed E-state index contributed by atoms with van der Waals surface area (Å²) in [5.74, 6) is -0.275. The van der Waals surface area contributed by atoms with Crippen molar-refractivity contribution < 1.29 is 9.18 Å². The zero-order valence-corrected chi connectivity index (χ0v) is 9.24. The van der Waals surface area contributed by atoms with Crippen LogP contribution in [0.2, 0.25) is 0 Å². The molecule has 4 heteroatoms. The minimum absolute atomic E-state index is 0.177. The van der Waals surface area contributed by atoms with Crippen molar-refractivity contribution >= 4 is 6.03 Å². The number of nitrogens with one attached hydrogen (secondary N) is 1.